The van der Waals surface area contributed by atoms with Crippen molar-refractivity contribution in [3.63, 3.8) is 0 Å². The van der Waals surface area contributed by atoms with Gasteiger partial charge in [0.1, 0.15) is 0 Å². The van der Waals surface area contributed by atoms with Crippen molar-refractivity contribution in [1.29, 1.82) is 0 Å². The van der Waals surface area contributed by atoms with Gasteiger partial charge in [0.2, 0.25) is 0 Å². The molecule has 1 atom stereocenters. The van der Waals surface area contributed by atoms with Crippen LogP contribution in [0.3, 0.4) is 0 Å². The molecule has 60 valence electrons. The molecular weight excluding hydrogens is 158 g/mol. The minimum atomic E-state index is -0.392. The summed E-state index contributed by atoms with van der Waals surface area (Å²) >= 11 is -0.392. The number of rotatable bonds is 1. The molecule has 0 saturated carbocycles. The normalized spacial score (nSPS) is 31.2. The third-order valence-electron chi connectivity index (χ3n) is 1.89. The largest absolute Gasteiger partial charge is 0.335 e. The van der Waals surface area contributed by atoms with Crippen LogP contribution < -0.4 is 0 Å². The van der Waals surface area contributed by atoms with E-state index in [1.54, 1.807) is 7.11 Å². The van der Waals surface area contributed by atoms with Gasteiger partial charge >= 0.3 is 0 Å². The average molecular weight is 169 g/mol. The van der Waals surface area contributed by atoms with Crippen LogP contribution in [0.2, 0.25) is 0 Å². The molecule has 0 fully saturated rings. The molecule has 0 spiro atoms. The molecule has 0 aliphatic carbocycles. The molecule has 2 aliphatic heterocycles. The molecule has 1 unspecified atom stereocenters. The van der Waals surface area contributed by atoms with Crippen LogP contribution >= 0.6 is 11.2 Å². The van der Waals surface area contributed by atoms with Crippen LogP contribution in [0.5, 0.6) is 0 Å². The van der Waals surface area contributed by atoms with Crippen LogP contribution in [-0.2, 0) is 4.18 Å². The molecule has 0 aromatic carbocycles. The van der Waals surface area contributed by atoms with Crippen LogP contribution in [0.15, 0.2) is 27.0 Å². The zero-order chi connectivity index (χ0) is 7.68. The van der Waals surface area contributed by atoms with E-state index in [9.17, 15) is 0 Å². The van der Waals surface area contributed by atoms with Crippen molar-refractivity contribution in [2.24, 2.45) is 4.99 Å². The van der Waals surface area contributed by atoms with Crippen LogP contribution in [0, 0.1) is 0 Å². The summed E-state index contributed by atoms with van der Waals surface area (Å²) in [6.07, 6.45) is 5.16. The summed E-state index contributed by atoms with van der Waals surface area (Å²) in [6, 6.07) is 0. The third kappa shape index (κ3) is 1.14. The van der Waals surface area contributed by atoms with Gasteiger partial charge in [-0.1, -0.05) is 0 Å². The first kappa shape index (κ1) is 7.13. The average Bonchev–Trinajstić information content (AvgIpc) is 2.47. The van der Waals surface area contributed by atoms with E-state index in [0.717, 1.165) is 13.0 Å². The highest BCUT2D eigenvalue weighted by molar-refractivity contribution is 8.19. The van der Waals surface area contributed by atoms with Crippen molar-refractivity contribution >= 4 is 17.4 Å². The zero-order valence-electron chi connectivity index (χ0n) is 6.45. The number of aliphatic imine (C=N–C) groups is 1. The highest BCUT2D eigenvalue weighted by Crippen LogP contribution is 2.46. The van der Waals surface area contributed by atoms with E-state index in [2.05, 4.69) is 16.5 Å². The highest BCUT2D eigenvalue weighted by Gasteiger charge is 2.17. The standard InChI is InChI=1S/C8H11NOS/c1-10-11-5-3-7-6-9-4-2-8(7)11/h3,5-6,11H,2,4H2,1H3. The molecule has 0 amide bonds. The smallest absolute Gasteiger partial charge is 0.0487 e. The monoisotopic (exact) mass is 169 g/mol. The lowest BCUT2D eigenvalue weighted by Crippen LogP contribution is -1.97. The van der Waals surface area contributed by atoms with Gasteiger partial charge in [0.25, 0.3) is 0 Å². The van der Waals surface area contributed by atoms with Gasteiger partial charge in [0, 0.05) is 30.3 Å². The van der Waals surface area contributed by atoms with Crippen molar-refractivity contribution in [2.45, 2.75) is 6.42 Å². The maximum absolute atomic E-state index is 5.34. The molecule has 2 rings (SSSR count). The molecular formula is C8H11NOS. The summed E-state index contributed by atoms with van der Waals surface area (Å²) in [7, 11) is 1.78. The molecule has 2 nitrogen and oxygen atoms in total. The van der Waals surface area contributed by atoms with Gasteiger partial charge in [-0.3, -0.25) is 4.99 Å². The number of allylic oxidation sites excluding steroid dienone is 2. The van der Waals surface area contributed by atoms with Gasteiger partial charge in [-0.05, 0) is 17.9 Å². The van der Waals surface area contributed by atoms with E-state index in [1.165, 1.54) is 10.5 Å². The molecule has 0 aromatic rings. The Kier molecular flexibility index (Phi) is 1.84. The molecule has 2 heterocycles. The predicted octanol–water partition coefficient (Wildman–Crippen LogP) is 1.80. The second-order valence-corrected chi connectivity index (χ2v) is 4.37. The van der Waals surface area contributed by atoms with Crippen LogP contribution in [0.25, 0.3) is 0 Å². The van der Waals surface area contributed by atoms with Crippen molar-refractivity contribution in [2.75, 3.05) is 13.7 Å². The minimum Gasteiger partial charge on any atom is -0.335 e. The molecule has 0 radical (unpaired) electrons. The number of hydrogen-bond acceptors (Lipinski definition) is 2. The fraction of sp³-hybridized carbons (Fsp3) is 0.375. The maximum Gasteiger partial charge on any atom is 0.0487 e. The Morgan fingerprint density at radius 1 is 1.64 bits per heavy atom. The SMILES string of the molecule is CO[SH]1C=CC2=C1CCN=C2. The molecule has 11 heavy (non-hydrogen) atoms. The predicted molar refractivity (Wildman–Crippen MR) is 50.1 cm³/mol. The Bertz CT molecular complexity index is 255. The molecule has 0 N–H and O–H groups in total. The van der Waals surface area contributed by atoms with Crippen molar-refractivity contribution in [3.05, 3.63) is 22.0 Å². The molecule has 0 saturated heterocycles. The molecule has 3 heteroatoms. The van der Waals surface area contributed by atoms with Gasteiger partial charge in [0.15, 0.2) is 0 Å². The lowest BCUT2D eigenvalue weighted by atomic mass is 10.2. The molecule has 0 aromatic heterocycles. The number of nitrogens with zero attached hydrogens (tertiary/aromatic N) is 1. The first-order valence-electron chi connectivity index (χ1n) is 3.66. The first-order chi connectivity index (χ1) is 5.42. The van der Waals surface area contributed by atoms with Crippen LogP contribution in [0.1, 0.15) is 6.42 Å². The van der Waals surface area contributed by atoms with E-state index in [4.69, 9.17) is 4.18 Å². The van der Waals surface area contributed by atoms with E-state index in [0.29, 0.717) is 0 Å². The fourth-order valence-electron chi connectivity index (χ4n) is 1.34. The Morgan fingerprint density at radius 2 is 2.55 bits per heavy atom. The van der Waals surface area contributed by atoms with Crippen molar-refractivity contribution < 1.29 is 4.18 Å². The Morgan fingerprint density at radius 3 is 3.36 bits per heavy atom. The number of thiol groups is 1. The van der Waals surface area contributed by atoms with Crippen molar-refractivity contribution in [1.82, 2.24) is 0 Å². The number of dihydropyridines is 1. The third-order valence-corrected chi connectivity index (χ3v) is 3.72. The van der Waals surface area contributed by atoms with E-state index < -0.39 is 11.2 Å². The Hall–Kier alpha value is -0.540. The second kappa shape index (κ2) is 2.83. The van der Waals surface area contributed by atoms with Gasteiger partial charge in [-0.2, -0.15) is 0 Å². The lowest BCUT2D eigenvalue weighted by molar-refractivity contribution is 0.486. The Labute approximate surface area is 69.2 Å². The lowest BCUT2D eigenvalue weighted by Gasteiger charge is -2.17. The van der Waals surface area contributed by atoms with E-state index >= 15 is 0 Å². The number of hydrogen-bond donors (Lipinski definition) is 1. The molecule has 2 aliphatic rings. The first-order valence-corrected chi connectivity index (χ1v) is 4.99. The summed E-state index contributed by atoms with van der Waals surface area (Å²) in [5.74, 6) is 0. The summed E-state index contributed by atoms with van der Waals surface area (Å²) < 4.78 is 5.34. The topological polar surface area (TPSA) is 21.6 Å². The maximum atomic E-state index is 5.34. The second-order valence-electron chi connectivity index (χ2n) is 2.51. The zero-order valence-corrected chi connectivity index (χ0v) is 7.34. The van der Waals surface area contributed by atoms with Crippen molar-refractivity contribution in [3.8, 4) is 0 Å². The van der Waals surface area contributed by atoms with E-state index in [-0.39, 0.29) is 0 Å². The highest BCUT2D eigenvalue weighted by atomic mass is 32.2. The quantitative estimate of drug-likeness (QED) is 0.594. The van der Waals surface area contributed by atoms with Gasteiger partial charge in [-0.15, -0.1) is 11.2 Å². The fourth-order valence-corrected chi connectivity index (χ4v) is 2.86. The van der Waals surface area contributed by atoms with Gasteiger partial charge < -0.3 is 4.18 Å². The summed E-state index contributed by atoms with van der Waals surface area (Å²) in [5, 5.41) is 2.15. The minimum absolute atomic E-state index is 0.392. The Balaban J connectivity index is 2.28. The summed E-state index contributed by atoms with van der Waals surface area (Å²) in [5.41, 5.74) is 1.28. The van der Waals surface area contributed by atoms with Crippen LogP contribution in [-0.4, -0.2) is 19.9 Å². The van der Waals surface area contributed by atoms with Crippen LogP contribution in [0.4, 0.5) is 0 Å². The summed E-state index contributed by atoms with van der Waals surface area (Å²) in [6.45, 7) is 0.933. The van der Waals surface area contributed by atoms with Gasteiger partial charge in [0.05, 0.1) is 0 Å². The van der Waals surface area contributed by atoms with Gasteiger partial charge in [-0.25, -0.2) is 0 Å². The molecule has 0 bridgehead atoms. The van der Waals surface area contributed by atoms with E-state index in [1.807, 2.05) is 6.21 Å². The summed E-state index contributed by atoms with van der Waals surface area (Å²) in [4.78, 5) is 5.67.